The second-order valence-electron chi connectivity index (χ2n) is 8.22. The van der Waals surface area contributed by atoms with E-state index >= 15 is 0 Å². The van der Waals surface area contributed by atoms with Gasteiger partial charge in [-0.25, -0.2) is 13.1 Å². The van der Waals surface area contributed by atoms with E-state index in [-0.39, 0.29) is 16.6 Å². The normalized spacial score (nSPS) is 20.4. The molecule has 1 saturated carbocycles. The molecular weight excluding hydrogens is 406 g/mol. The van der Waals surface area contributed by atoms with E-state index in [2.05, 4.69) is 4.72 Å². The number of hydrogen-bond acceptors (Lipinski definition) is 3. The number of carbonyl (C=O) groups excluding carboxylic acids is 1. The summed E-state index contributed by atoms with van der Waals surface area (Å²) in [5.74, 6) is -0.382. The molecule has 0 aliphatic heterocycles. The quantitative estimate of drug-likeness (QED) is 0.583. The first kappa shape index (κ1) is 21.5. The van der Waals surface area contributed by atoms with Gasteiger partial charge in [0.05, 0.1) is 10.9 Å². The second kappa shape index (κ2) is 9.16. The third-order valence-corrected chi connectivity index (χ3v) is 7.56. The van der Waals surface area contributed by atoms with Crippen LogP contribution in [0.15, 0.2) is 89.8 Å². The van der Waals surface area contributed by atoms with Gasteiger partial charge in [0.2, 0.25) is 10.0 Å². The van der Waals surface area contributed by atoms with Crippen LogP contribution in [-0.4, -0.2) is 14.2 Å². The van der Waals surface area contributed by atoms with Crippen molar-refractivity contribution in [2.75, 3.05) is 0 Å². The average Bonchev–Trinajstić information content (AvgIpc) is 2.79. The van der Waals surface area contributed by atoms with Gasteiger partial charge in [0, 0.05) is 12.3 Å². The first-order chi connectivity index (χ1) is 15.0. The highest BCUT2D eigenvalue weighted by atomic mass is 32.2. The fourth-order valence-corrected chi connectivity index (χ4v) is 5.77. The van der Waals surface area contributed by atoms with E-state index in [4.69, 9.17) is 0 Å². The summed E-state index contributed by atoms with van der Waals surface area (Å²) in [6, 6.07) is 25.6. The van der Waals surface area contributed by atoms with Crippen molar-refractivity contribution in [1.29, 1.82) is 0 Å². The molecule has 5 heteroatoms. The fourth-order valence-electron chi connectivity index (χ4n) is 4.52. The zero-order valence-corrected chi connectivity index (χ0v) is 18.4. The third kappa shape index (κ3) is 4.78. The van der Waals surface area contributed by atoms with E-state index in [1.807, 2.05) is 67.6 Å². The molecule has 1 aliphatic rings. The molecule has 3 atom stereocenters. The topological polar surface area (TPSA) is 63.2 Å². The zero-order chi connectivity index (χ0) is 21.8. The second-order valence-corrected chi connectivity index (χ2v) is 9.94. The molecule has 1 N–H and O–H groups in total. The van der Waals surface area contributed by atoms with Crippen molar-refractivity contribution in [2.24, 2.45) is 5.92 Å². The molecule has 31 heavy (non-hydrogen) atoms. The largest absolute Gasteiger partial charge is 0.299 e. The summed E-state index contributed by atoms with van der Waals surface area (Å²) < 4.78 is 29.5. The summed E-state index contributed by atoms with van der Waals surface area (Å²) >= 11 is 0. The van der Waals surface area contributed by atoms with Crippen LogP contribution < -0.4 is 4.72 Å². The smallest absolute Gasteiger partial charge is 0.241 e. The van der Waals surface area contributed by atoms with Gasteiger partial charge in [0.1, 0.15) is 5.78 Å². The van der Waals surface area contributed by atoms with E-state index in [0.717, 1.165) is 29.5 Å². The van der Waals surface area contributed by atoms with Gasteiger partial charge in [-0.05, 0) is 48.9 Å². The number of hydrogen-bond donors (Lipinski definition) is 1. The first-order valence-electron chi connectivity index (χ1n) is 10.7. The average molecular weight is 434 g/mol. The summed E-state index contributed by atoms with van der Waals surface area (Å²) in [7, 11) is -3.80. The minimum absolute atomic E-state index is 0.0339. The summed E-state index contributed by atoms with van der Waals surface area (Å²) in [4.78, 5) is 13.4. The summed E-state index contributed by atoms with van der Waals surface area (Å²) in [6.45, 7) is 1.92. The predicted octanol–water partition coefficient (Wildman–Crippen LogP) is 5.17. The monoisotopic (exact) mass is 433 g/mol. The summed E-state index contributed by atoms with van der Waals surface area (Å²) in [5.41, 5.74) is 2.88. The summed E-state index contributed by atoms with van der Waals surface area (Å²) in [6.07, 6.45) is 2.15. The molecule has 3 aromatic rings. The van der Waals surface area contributed by atoms with Gasteiger partial charge < -0.3 is 0 Å². The molecule has 0 unspecified atom stereocenters. The molecule has 0 aromatic heterocycles. The number of carbonyl (C=O) groups is 1. The summed E-state index contributed by atoms with van der Waals surface area (Å²) in [5, 5.41) is 0. The van der Waals surface area contributed by atoms with Crippen LogP contribution in [0.2, 0.25) is 0 Å². The van der Waals surface area contributed by atoms with Gasteiger partial charge in [-0.3, -0.25) is 4.79 Å². The highest BCUT2D eigenvalue weighted by Gasteiger charge is 2.41. The van der Waals surface area contributed by atoms with Crippen molar-refractivity contribution in [1.82, 2.24) is 4.72 Å². The van der Waals surface area contributed by atoms with E-state index in [1.165, 1.54) is 0 Å². The van der Waals surface area contributed by atoms with E-state index in [9.17, 15) is 13.2 Å². The number of Topliss-reactive ketones (excluding diaryl/α,β-unsaturated/α-hetero) is 1. The molecule has 0 amide bonds. The predicted molar refractivity (Wildman–Crippen MR) is 122 cm³/mol. The Kier molecular flexibility index (Phi) is 6.35. The van der Waals surface area contributed by atoms with Crippen molar-refractivity contribution in [3.05, 3.63) is 102 Å². The first-order valence-corrected chi connectivity index (χ1v) is 12.2. The van der Waals surface area contributed by atoms with Crippen LogP contribution in [0.25, 0.3) is 0 Å². The highest BCUT2D eigenvalue weighted by Crippen LogP contribution is 2.43. The lowest BCUT2D eigenvalue weighted by atomic mass is 9.70. The van der Waals surface area contributed by atoms with E-state index in [0.29, 0.717) is 6.42 Å². The van der Waals surface area contributed by atoms with Crippen LogP contribution in [-0.2, 0) is 14.8 Å². The van der Waals surface area contributed by atoms with E-state index in [1.54, 1.807) is 24.3 Å². The Bertz CT molecular complexity index is 1130. The molecule has 4 rings (SSSR count). The van der Waals surface area contributed by atoms with Crippen LogP contribution >= 0.6 is 0 Å². The van der Waals surface area contributed by atoms with Gasteiger partial charge in [0.15, 0.2) is 0 Å². The van der Waals surface area contributed by atoms with Crippen molar-refractivity contribution >= 4 is 15.8 Å². The Balaban J connectivity index is 1.77. The van der Waals surface area contributed by atoms with Crippen molar-refractivity contribution in [3.63, 3.8) is 0 Å². The van der Waals surface area contributed by atoms with Crippen molar-refractivity contribution < 1.29 is 13.2 Å². The minimum Gasteiger partial charge on any atom is -0.299 e. The molecule has 0 radical (unpaired) electrons. The van der Waals surface area contributed by atoms with Gasteiger partial charge in [-0.15, -0.1) is 0 Å². The molecular formula is C26H27NO3S. The Labute approximate surface area is 184 Å². The van der Waals surface area contributed by atoms with E-state index < -0.39 is 22.0 Å². The molecule has 4 nitrogen and oxygen atoms in total. The molecule has 1 aliphatic carbocycles. The number of rotatable bonds is 6. The number of aryl methyl sites for hydroxylation is 1. The molecule has 0 saturated heterocycles. The lowest BCUT2D eigenvalue weighted by Crippen LogP contribution is -2.41. The van der Waals surface area contributed by atoms with Gasteiger partial charge >= 0.3 is 0 Å². The Hall–Kier alpha value is -2.76. The Morgan fingerprint density at radius 3 is 2.13 bits per heavy atom. The maximum Gasteiger partial charge on any atom is 0.241 e. The number of sulfonamides is 1. The van der Waals surface area contributed by atoms with Crippen LogP contribution in [0.1, 0.15) is 47.9 Å². The number of nitrogens with one attached hydrogen (secondary N) is 1. The Morgan fingerprint density at radius 1 is 0.871 bits per heavy atom. The van der Waals surface area contributed by atoms with Crippen LogP contribution in [0.4, 0.5) is 0 Å². The van der Waals surface area contributed by atoms with Crippen molar-refractivity contribution in [3.8, 4) is 0 Å². The molecule has 0 bridgehead atoms. The zero-order valence-electron chi connectivity index (χ0n) is 17.6. The van der Waals surface area contributed by atoms with Gasteiger partial charge in [-0.1, -0.05) is 78.4 Å². The number of benzene rings is 3. The molecule has 160 valence electrons. The van der Waals surface area contributed by atoms with Crippen molar-refractivity contribution in [2.45, 2.75) is 43.0 Å². The van der Waals surface area contributed by atoms with Gasteiger partial charge in [0.25, 0.3) is 0 Å². The molecule has 3 aromatic carbocycles. The fraction of sp³-hybridized carbons (Fsp3) is 0.269. The molecule has 1 fully saturated rings. The SMILES string of the molecule is Cc1ccc(S(=O)(=O)N[C@@H](c2ccccc2)[C@H]2C(=O)CCC[C@@H]2c2ccccc2)cc1. The maximum atomic E-state index is 13.3. The molecule has 0 spiro atoms. The van der Waals surface area contributed by atoms with Crippen LogP contribution in [0, 0.1) is 12.8 Å². The van der Waals surface area contributed by atoms with Crippen LogP contribution in [0.3, 0.4) is 0 Å². The van der Waals surface area contributed by atoms with Crippen LogP contribution in [0.5, 0.6) is 0 Å². The maximum absolute atomic E-state index is 13.3. The number of ketones is 1. The Morgan fingerprint density at radius 2 is 1.48 bits per heavy atom. The molecule has 0 heterocycles. The highest BCUT2D eigenvalue weighted by molar-refractivity contribution is 7.89. The van der Waals surface area contributed by atoms with Gasteiger partial charge in [-0.2, -0.15) is 0 Å². The lowest BCUT2D eigenvalue weighted by Gasteiger charge is -2.37. The third-order valence-electron chi connectivity index (χ3n) is 6.10. The minimum atomic E-state index is -3.80. The standard InChI is InChI=1S/C26H27NO3S/c1-19-15-17-22(18-16-19)31(29,30)27-26(21-11-6-3-7-12-21)25-23(13-8-14-24(25)28)20-9-4-2-5-10-20/h2-7,9-12,15-18,23,25-27H,8,13-14H2,1H3/t23-,25-,26+/m1/s1. The lowest BCUT2D eigenvalue weighted by molar-refractivity contribution is -0.126.